The summed E-state index contributed by atoms with van der Waals surface area (Å²) in [6, 6.07) is 7.03. The third-order valence-corrected chi connectivity index (χ3v) is 3.38. The second kappa shape index (κ2) is 6.34. The summed E-state index contributed by atoms with van der Waals surface area (Å²) in [5, 5.41) is 2.77. The average Bonchev–Trinajstić information content (AvgIpc) is 2.81. The van der Waals surface area contributed by atoms with Crippen LogP contribution in [-0.4, -0.2) is 31.1 Å². The molecule has 0 fully saturated rings. The molecular formula is C16H18N2O4. The summed E-state index contributed by atoms with van der Waals surface area (Å²) in [4.78, 5) is 27.1. The van der Waals surface area contributed by atoms with Crippen molar-refractivity contribution in [3.05, 3.63) is 46.8 Å². The highest BCUT2D eigenvalue weighted by Crippen LogP contribution is 2.21. The molecule has 0 bridgehead atoms. The van der Waals surface area contributed by atoms with Crippen LogP contribution in [0.25, 0.3) is 0 Å². The topological polar surface area (TPSA) is 80.4 Å². The Labute approximate surface area is 128 Å². The Morgan fingerprint density at radius 3 is 2.55 bits per heavy atom. The van der Waals surface area contributed by atoms with Crippen LogP contribution >= 0.6 is 0 Å². The van der Waals surface area contributed by atoms with Crippen LogP contribution in [0.2, 0.25) is 0 Å². The van der Waals surface area contributed by atoms with Crippen LogP contribution in [0.1, 0.15) is 32.1 Å². The molecule has 1 aromatic heterocycles. The minimum Gasteiger partial charge on any atom is -0.497 e. The van der Waals surface area contributed by atoms with Gasteiger partial charge in [-0.2, -0.15) is 0 Å². The SMILES string of the molecule is COC(=O)c1c(C)[nH]c(C(=O)Nc2cccc(OC)c2)c1C. The van der Waals surface area contributed by atoms with E-state index in [0.717, 1.165) is 0 Å². The molecule has 1 aromatic carbocycles. The molecule has 6 heteroatoms. The minimum atomic E-state index is -0.466. The number of aryl methyl sites for hydroxylation is 1. The van der Waals surface area contributed by atoms with E-state index in [1.54, 1.807) is 45.2 Å². The van der Waals surface area contributed by atoms with E-state index >= 15 is 0 Å². The molecular weight excluding hydrogens is 284 g/mol. The van der Waals surface area contributed by atoms with Crippen molar-refractivity contribution in [2.24, 2.45) is 0 Å². The summed E-state index contributed by atoms with van der Waals surface area (Å²) < 4.78 is 9.85. The van der Waals surface area contributed by atoms with Crippen LogP contribution in [0, 0.1) is 13.8 Å². The highest BCUT2D eigenvalue weighted by atomic mass is 16.5. The van der Waals surface area contributed by atoms with Crippen LogP contribution < -0.4 is 10.1 Å². The summed E-state index contributed by atoms with van der Waals surface area (Å²) in [5.74, 6) is -0.150. The predicted molar refractivity (Wildman–Crippen MR) is 82.6 cm³/mol. The maximum Gasteiger partial charge on any atom is 0.339 e. The van der Waals surface area contributed by atoms with Gasteiger partial charge in [-0.05, 0) is 31.5 Å². The van der Waals surface area contributed by atoms with E-state index in [9.17, 15) is 9.59 Å². The number of hydrogen-bond acceptors (Lipinski definition) is 4. The van der Waals surface area contributed by atoms with Crippen molar-refractivity contribution in [1.82, 2.24) is 4.98 Å². The Morgan fingerprint density at radius 2 is 1.91 bits per heavy atom. The number of benzene rings is 1. The van der Waals surface area contributed by atoms with E-state index < -0.39 is 5.97 Å². The van der Waals surface area contributed by atoms with Gasteiger partial charge in [-0.3, -0.25) is 4.79 Å². The molecule has 0 saturated heterocycles. The lowest BCUT2D eigenvalue weighted by Gasteiger charge is -2.07. The predicted octanol–water partition coefficient (Wildman–Crippen LogP) is 2.68. The molecule has 0 unspecified atom stereocenters. The second-order valence-corrected chi connectivity index (χ2v) is 4.80. The van der Waals surface area contributed by atoms with Gasteiger partial charge in [0.2, 0.25) is 0 Å². The summed E-state index contributed by atoms with van der Waals surface area (Å²) in [6.07, 6.45) is 0. The largest absolute Gasteiger partial charge is 0.497 e. The molecule has 22 heavy (non-hydrogen) atoms. The van der Waals surface area contributed by atoms with Gasteiger partial charge in [0.1, 0.15) is 11.4 Å². The fourth-order valence-corrected chi connectivity index (χ4v) is 2.28. The molecule has 116 valence electrons. The molecule has 0 aliphatic heterocycles. The van der Waals surface area contributed by atoms with Crippen molar-refractivity contribution in [3.63, 3.8) is 0 Å². The van der Waals surface area contributed by atoms with Crippen molar-refractivity contribution in [2.45, 2.75) is 13.8 Å². The zero-order chi connectivity index (χ0) is 16.3. The Morgan fingerprint density at radius 1 is 1.18 bits per heavy atom. The average molecular weight is 302 g/mol. The molecule has 1 amide bonds. The third-order valence-electron chi connectivity index (χ3n) is 3.38. The lowest BCUT2D eigenvalue weighted by Crippen LogP contribution is -2.14. The number of amides is 1. The number of nitrogens with one attached hydrogen (secondary N) is 2. The van der Waals surface area contributed by atoms with Crippen molar-refractivity contribution >= 4 is 17.6 Å². The van der Waals surface area contributed by atoms with Crippen molar-refractivity contribution in [3.8, 4) is 5.75 Å². The van der Waals surface area contributed by atoms with Crippen LogP contribution in [0.4, 0.5) is 5.69 Å². The molecule has 0 aliphatic rings. The van der Waals surface area contributed by atoms with Gasteiger partial charge in [-0.25, -0.2) is 4.79 Å². The molecule has 1 heterocycles. The molecule has 2 rings (SSSR count). The summed E-state index contributed by atoms with van der Waals surface area (Å²) in [6.45, 7) is 3.43. The molecule has 0 radical (unpaired) electrons. The van der Waals surface area contributed by atoms with Gasteiger partial charge in [-0.1, -0.05) is 6.07 Å². The first-order chi connectivity index (χ1) is 10.5. The molecule has 2 aromatic rings. The van der Waals surface area contributed by atoms with Gasteiger partial charge in [-0.15, -0.1) is 0 Å². The lowest BCUT2D eigenvalue weighted by atomic mass is 10.1. The maximum atomic E-state index is 12.4. The van der Waals surface area contributed by atoms with E-state index in [4.69, 9.17) is 9.47 Å². The van der Waals surface area contributed by atoms with Gasteiger partial charge >= 0.3 is 5.97 Å². The maximum absolute atomic E-state index is 12.4. The lowest BCUT2D eigenvalue weighted by molar-refractivity contribution is 0.0599. The monoisotopic (exact) mass is 302 g/mol. The van der Waals surface area contributed by atoms with Crippen molar-refractivity contribution < 1.29 is 19.1 Å². The van der Waals surface area contributed by atoms with Gasteiger partial charge in [0.15, 0.2) is 0 Å². The number of hydrogen-bond donors (Lipinski definition) is 2. The van der Waals surface area contributed by atoms with E-state index in [1.165, 1.54) is 7.11 Å². The van der Waals surface area contributed by atoms with Crippen LogP contribution in [0.5, 0.6) is 5.75 Å². The highest BCUT2D eigenvalue weighted by Gasteiger charge is 2.22. The number of carbonyl (C=O) groups excluding carboxylic acids is 2. The van der Waals surface area contributed by atoms with Crippen LogP contribution in [0.3, 0.4) is 0 Å². The van der Waals surface area contributed by atoms with Crippen LogP contribution in [0.15, 0.2) is 24.3 Å². The Balaban J connectivity index is 2.28. The van der Waals surface area contributed by atoms with E-state index in [-0.39, 0.29) is 5.91 Å². The Hall–Kier alpha value is -2.76. The van der Waals surface area contributed by atoms with Crippen LogP contribution in [-0.2, 0) is 4.74 Å². The number of aromatic amines is 1. The van der Waals surface area contributed by atoms with E-state index in [0.29, 0.717) is 34.0 Å². The zero-order valence-corrected chi connectivity index (χ0v) is 12.9. The number of rotatable bonds is 4. The number of anilines is 1. The van der Waals surface area contributed by atoms with Gasteiger partial charge < -0.3 is 19.8 Å². The molecule has 0 saturated carbocycles. The molecule has 0 atom stereocenters. The molecule has 0 spiro atoms. The van der Waals surface area contributed by atoms with E-state index in [1.807, 2.05) is 0 Å². The summed E-state index contributed by atoms with van der Waals surface area (Å²) in [5.41, 5.74) is 2.49. The van der Waals surface area contributed by atoms with E-state index in [2.05, 4.69) is 10.3 Å². The first kappa shape index (κ1) is 15.6. The zero-order valence-electron chi connectivity index (χ0n) is 12.9. The quantitative estimate of drug-likeness (QED) is 0.851. The highest BCUT2D eigenvalue weighted by molar-refractivity contribution is 6.06. The summed E-state index contributed by atoms with van der Waals surface area (Å²) in [7, 11) is 2.87. The number of methoxy groups -OCH3 is 2. The smallest absolute Gasteiger partial charge is 0.339 e. The normalized spacial score (nSPS) is 10.2. The first-order valence-corrected chi connectivity index (χ1v) is 6.70. The second-order valence-electron chi connectivity index (χ2n) is 4.80. The minimum absolute atomic E-state index is 0.330. The number of ether oxygens (including phenoxy) is 2. The first-order valence-electron chi connectivity index (χ1n) is 6.70. The number of carbonyl (C=O) groups is 2. The van der Waals surface area contributed by atoms with Crippen molar-refractivity contribution in [2.75, 3.05) is 19.5 Å². The Kier molecular flexibility index (Phi) is 4.50. The van der Waals surface area contributed by atoms with Gasteiger partial charge in [0.05, 0.1) is 19.8 Å². The number of H-pyrrole nitrogens is 1. The van der Waals surface area contributed by atoms with Crippen molar-refractivity contribution in [1.29, 1.82) is 0 Å². The molecule has 2 N–H and O–H groups in total. The molecule has 0 aliphatic carbocycles. The fourth-order valence-electron chi connectivity index (χ4n) is 2.28. The summed E-state index contributed by atoms with van der Waals surface area (Å²) >= 11 is 0. The third kappa shape index (κ3) is 2.95. The number of aromatic nitrogens is 1. The fraction of sp³-hybridized carbons (Fsp3) is 0.250. The number of esters is 1. The standard InChI is InChI=1S/C16H18N2O4/c1-9-13(16(20)22-4)10(2)17-14(9)15(19)18-11-6-5-7-12(8-11)21-3/h5-8,17H,1-4H3,(H,18,19). The van der Waals surface area contributed by atoms with Gasteiger partial charge in [0, 0.05) is 17.4 Å². The molecule has 6 nitrogen and oxygen atoms in total. The Bertz CT molecular complexity index is 719. The van der Waals surface area contributed by atoms with Gasteiger partial charge in [0.25, 0.3) is 5.91 Å².